The minimum atomic E-state index is -0.197. The summed E-state index contributed by atoms with van der Waals surface area (Å²) in [4.78, 5) is 22.1. The number of hydrogen-bond donors (Lipinski definition) is 1. The molecule has 0 saturated heterocycles. The average Bonchev–Trinajstić information content (AvgIpc) is 2.91. The van der Waals surface area contributed by atoms with Crippen molar-refractivity contribution in [3.05, 3.63) is 38.9 Å². The Labute approximate surface area is 140 Å². The maximum atomic E-state index is 12.4. The van der Waals surface area contributed by atoms with Gasteiger partial charge in [0.2, 0.25) is 0 Å². The van der Waals surface area contributed by atoms with Gasteiger partial charge in [0.05, 0.1) is 10.0 Å². The van der Waals surface area contributed by atoms with Gasteiger partial charge in [-0.05, 0) is 31.4 Å². The Hall–Kier alpha value is -1.46. The third-order valence-electron chi connectivity index (χ3n) is 3.15. The summed E-state index contributed by atoms with van der Waals surface area (Å²) in [5.74, 6) is 0.289. The standard InChI is InChI=1S/C16H20ClN3OS/c1-3-5-7-14-20-15(12(22-14)6-4-2)16(21)19-13-9-8-11(17)10-18-13/h8-10H,3-7H2,1-2H3,(H,18,19,21). The number of thiazole rings is 1. The maximum absolute atomic E-state index is 12.4. The molecule has 0 saturated carbocycles. The van der Waals surface area contributed by atoms with Crippen LogP contribution in [0.25, 0.3) is 0 Å². The quantitative estimate of drug-likeness (QED) is 0.794. The second-order valence-corrected chi connectivity index (χ2v) is 6.65. The zero-order chi connectivity index (χ0) is 15.9. The van der Waals surface area contributed by atoms with Gasteiger partial charge < -0.3 is 5.32 Å². The van der Waals surface area contributed by atoms with E-state index in [9.17, 15) is 4.79 Å². The monoisotopic (exact) mass is 337 g/mol. The number of pyridine rings is 1. The van der Waals surface area contributed by atoms with Gasteiger partial charge >= 0.3 is 0 Å². The van der Waals surface area contributed by atoms with Gasteiger partial charge in [-0.2, -0.15) is 0 Å². The Morgan fingerprint density at radius 3 is 2.73 bits per heavy atom. The van der Waals surface area contributed by atoms with E-state index in [-0.39, 0.29) is 5.91 Å². The highest BCUT2D eigenvalue weighted by Crippen LogP contribution is 2.23. The van der Waals surface area contributed by atoms with Gasteiger partial charge in [0.1, 0.15) is 11.5 Å². The Morgan fingerprint density at radius 2 is 2.09 bits per heavy atom. The van der Waals surface area contributed by atoms with Crippen molar-refractivity contribution in [2.75, 3.05) is 5.32 Å². The van der Waals surface area contributed by atoms with E-state index in [0.29, 0.717) is 16.5 Å². The molecule has 2 rings (SSSR count). The van der Waals surface area contributed by atoms with Crippen molar-refractivity contribution in [1.29, 1.82) is 0 Å². The Bertz CT molecular complexity index is 625. The summed E-state index contributed by atoms with van der Waals surface area (Å²) in [6.45, 7) is 4.26. The fourth-order valence-electron chi connectivity index (χ4n) is 2.03. The molecule has 1 N–H and O–H groups in total. The number of nitrogens with one attached hydrogen (secondary N) is 1. The molecular formula is C16H20ClN3OS. The van der Waals surface area contributed by atoms with Gasteiger partial charge in [-0.3, -0.25) is 4.79 Å². The largest absolute Gasteiger partial charge is 0.305 e. The summed E-state index contributed by atoms with van der Waals surface area (Å²) in [5.41, 5.74) is 0.537. The summed E-state index contributed by atoms with van der Waals surface area (Å²) in [7, 11) is 0. The lowest BCUT2D eigenvalue weighted by molar-refractivity contribution is 0.102. The molecule has 0 fully saturated rings. The molecule has 0 aliphatic rings. The van der Waals surface area contributed by atoms with Gasteiger partial charge in [-0.1, -0.05) is 38.3 Å². The van der Waals surface area contributed by atoms with Gasteiger partial charge in [-0.25, -0.2) is 9.97 Å². The normalized spacial score (nSPS) is 10.7. The van der Waals surface area contributed by atoms with Crippen LogP contribution in [0.4, 0.5) is 5.82 Å². The van der Waals surface area contributed by atoms with Crippen LogP contribution in [0.15, 0.2) is 18.3 Å². The lowest BCUT2D eigenvalue weighted by Gasteiger charge is -2.03. The molecule has 0 unspecified atom stereocenters. The third kappa shape index (κ3) is 4.52. The molecule has 1 amide bonds. The lowest BCUT2D eigenvalue weighted by atomic mass is 10.2. The van der Waals surface area contributed by atoms with Crippen molar-refractivity contribution in [3.63, 3.8) is 0 Å². The Balaban J connectivity index is 2.15. The first kappa shape index (κ1) is 16.9. The number of hydrogen-bond acceptors (Lipinski definition) is 4. The topological polar surface area (TPSA) is 54.9 Å². The predicted molar refractivity (Wildman–Crippen MR) is 91.9 cm³/mol. The molecule has 0 bridgehead atoms. The second kappa shape index (κ2) is 8.25. The first-order chi connectivity index (χ1) is 10.6. The average molecular weight is 338 g/mol. The van der Waals surface area contributed by atoms with Crippen LogP contribution in [0, 0.1) is 0 Å². The van der Waals surface area contributed by atoms with E-state index in [1.165, 1.54) is 6.20 Å². The van der Waals surface area contributed by atoms with Gasteiger partial charge in [0, 0.05) is 11.1 Å². The summed E-state index contributed by atoms with van der Waals surface area (Å²) in [6, 6.07) is 3.38. The fourth-order valence-corrected chi connectivity index (χ4v) is 3.36. The van der Waals surface area contributed by atoms with Crippen LogP contribution in [-0.2, 0) is 12.8 Å². The number of anilines is 1. The van der Waals surface area contributed by atoms with Crippen molar-refractivity contribution in [2.45, 2.75) is 46.0 Å². The Morgan fingerprint density at radius 1 is 1.27 bits per heavy atom. The molecule has 22 heavy (non-hydrogen) atoms. The molecule has 0 aliphatic heterocycles. The first-order valence-corrected chi connectivity index (χ1v) is 8.75. The molecule has 2 heterocycles. The number of aryl methyl sites for hydroxylation is 2. The number of amides is 1. The highest BCUT2D eigenvalue weighted by Gasteiger charge is 2.18. The van der Waals surface area contributed by atoms with Crippen LogP contribution in [0.5, 0.6) is 0 Å². The van der Waals surface area contributed by atoms with Gasteiger partial charge in [0.15, 0.2) is 0 Å². The van der Waals surface area contributed by atoms with Crippen LogP contribution in [0.1, 0.15) is 53.5 Å². The predicted octanol–water partition coefficient (Wildman–Crippen LogP) is 4.74. The molecule has 118 valence electrons. The molecule has 0 aromatic carbocycles. The molecule has 2 aromatic rings. The SMILES string of the molecule is CCCCc1nc(C(=O)Nc2ccc(Cl)cn2)c(CCC)s1. The molecule has 2 aromatic heterocycles. The van der Waals surface area contributed by atoms with Crippen molar-refractivity contribution in [2.24, 2.45) is 0 Å². The molecular weight excluding hydrogens is 318 g/mol. The summed E-state index contributed by atoms with van der Waals surface area (Å²) in [6.07, 6.45) is 6.54. The van der Waals surface area contributed by atoms with Crippen molar-refractivity contribution in [3.8, 4) is 0 Å². The number of halogens is 1. The molecule has 0 aliphatic carbocycles. The minimum absolute atomic E-state index is 0.197. The van der Waals surface area contributed by atoms with Crippen LogP contribution in [-0.4, -0.2) is 15.9 Å². The molecule has 0 atom stereocenters. The number of aromatic nitrogens is 2. The van der Waals surface area contributed by atoms with Crippen LogP contribution in [0.2, 0.25) is 5.02 Å². The van der Waals surface area contributed by atoms with Crippen molar-refractivity contribution < 1.29 is 4.79 Å². The van der Waals surface area contributed by atoms with E-state index >= 15 is 0 Å². The smallest absolute Gasteiger partial charge is 0.276 e. The summed E-state index contributed by atoms with van der Waals surface area (Å²) >= 11 is 7.45. The van der Waals surface area contributed by atoms with E-state index in [1.807, 2.05) is 0 Å². The molecule has 0 radical (unpaired) electrons. The highest BCUT2D eigenvalue weighted by atomic mass is 35.5. The lowest BCUT2D eigenvalue weighted by Crippen LogP contribution is -2.15. The number of rotatable bonds is 7. The number of carbonyl (C=O) groups is 1. The first-order valence-electron chi connectivity index (χ1n) is 7.55. The fraction of sp³-hybridized carbons (Fsp3) is 0.438. The highest BCUT2D eigenvalue weighted by molar-refractivity contribution is 7.11. The third-order valence-corrected chi connectivity index (χ3v) is 4.55. The van der Waals surface area contributed by atoms with Crippen molar-refractivity contribution in [1.82, 2.24) is 9.97 Å². The van der Waals surface area contributed by atoms with Crippen LogP contribution < -0.4 is 5.32 Å². The number of carbonyl (C=O) groups excluding carboxylic acids is 1. The van der Waals surface area contributed by atoms with E-state index in [0.717, 1.165) is 42.0 Å². The zero-order valence-electron chi connectivity index (χ0n) is 12.9. The maximum Gasteiger partial charge on any atom is 0.276 e. The van der Waals surface area contributed by atoms with E-state index < -0.39 is 0 Å². The summed E-state index contributed by atoms with van der Waals surface area (Å²) in [5, 5.41) is 4.37. The number of nitrogens with zero attached hydrogens (tertiary/aromatic N) is 2. The van der Waals surface area contributed by atoms with Crippen LogP contribution >= 0.6 is 22.9 Å². The summed E-state index contributed by atoms with van der Waals surface area (Å²) < 4.78 is 0. The zero-order valence-corrected chi connectivity index (χ0v) is 14.4. The molecule has 4 nitrogen and oxygen atoms in total. The van der Waals surface area contributed by atoms with E-state index in [2.05, 4.69) is 29.1 Å². The van der Waals surface area contributed by atoms with Gasteiger partial charge in [-0.15, -0.1) is 11.3 Å². The second-order valence-electron chi connectivity index (χ2n) is 5.05. The minimum Gasteiger partial charge on any atom is -0.305 e. The van der Waals surface area contributed by atoms with Crippen LogP contribution in [0.3, 0.4) is 0 Å². The van der Waals surface area contributed by atoms with Crippen molar-refractivity contribution >= 4 is 34.7 Å². The number of unbranched alkanes of at least 4 members (excludes halogenated alkanes) is 1. The van der Waals surface area contributed by atoms with Gasteiger partial charge in [0.25, 0.3) is 5.91 Å². The van der Waals surface area contributed by atoms with E-state index in [4.69, 9.17) is 11.6 Å². The molecule has 6 heteroatoms. The Kier molecular flexibility index (Phi) is 6.34. The van der Waals surface area contributed by atoms with E-state index in [1.54, 1.807) is 23.5 Å². The molecule has 0 spiro atoms.